The van der Waals surface area contributed by atoms with Gasteiger partial charge in [0.15, 0.2) is 0 Å². The molecular formula is C32H57BO3. The highest BCUT2D eigenvalue weighted by molar-refractivity contribution is 6.62. The van der Waals surface area contributed by atoms with Crippen molar-refractivity contribution < 1.29 is 14.0 Å². The van der Waals surface area contributed by atoms with Gasteiger partial charge in [-0.15, -0.1) is 0 Å². The fraction of sp³-hybridized carbons (Fsp3) is 0.812. The second-order valence-corrected chi connectivity index (χ2v) is 12.0. The van der Waals surface area contributed by atoms with Crippen LogP contribution >= 0.6 is 0 Å². The van der Waals surface area contributed by atoms with Gasteiger partial charge in [-0.1, -0.05) is 128 Å². The van der Waals surface area contributed by atoms with E-state index in [1.54, 1.807) is 0 Å². The van der Waals surface area contributed by atoms with Crippen LogP contribution < -0.4 is 10.2 Å². The van der Waals surface area contributed by atoms with Crippen LogP contribution in [-0.4, -0.2) is 24.9 Å². The largest absolute Gasteiger partial charge is 0.494 e. The minimum Gasteiger partial charge on any atom is -0.494 e. The summed E-state index contributed by atoms with van der Waals surface area (Å²) in [4.78, 5) is 0. The van der Waals surface area contributed by atoms with Crippen LogP contribution in [0.2, 0.25) is 0 Å². The lowest BCUT2D eigenvalue weighted by atomic mass is 9.79. The van der Waals surface area contributed by atoms with Gasteiger partial charge >= 0.3 is 7.12 Å². The third-order valence-corrected chi connectivity index (χ3v) is 8.17. The first-order valence-corrected chi connectivity index (χ1v) is 15.4. The van der Waals surface area contributed by atoms with Gasteiger partial charge in [-0.05, 0) is 51.7 Å². The van der Waals surface area contributed by atoms with Crippen molar-refractivity contribution in [3.8, 4) is 5.75 Å². The highest BCUT2D eigenvalue weighted by Gasteiger charge is 2.51. The molecule has 1 saturated heterocycles. The lowest BCUT2D eigenvalue weighted by molar-refractivity contribution is 0.00578. The maximum absolute atomic E-state index is 6.13. The van der Waals surface area contributed by atoms with Gasteiger partial charge in [0.1, 0.15) is 5.75 Å². The first-order chi connectivity index (χ1) is 17.4. The summed E-state index contributed by atoms with van der Waals surface area (Å²) in [6.45, 7) is 11.4. The summed E-state index contributed by atoms with van der Waals surface area (Å²) < 4.78 is 18.2. The van der Waals surface area contributed by atoms with Crippen LogP contribution in [0.15, 0.2) is 24.3 Å². The highest BCUT2D eigenvalue weighted by atomic mass is 16.7. The summed E-state index contributed by atoms with van der Waals surface area (Å²) in [5.41, 5.74) is 0.438. The first kappa shape index (κ1) is 31.2. The zero-order valence-electron chi connectivity index (χ0n) is 24.5. The summed E-state index contributed by atoms with van der Waals surface area (Å²) in [6.07, 6.45) is 25.2. The van der Waals surface area contributed by atoms with E-state index in [2.05, 4.69) is 46.8 Å². The molecule has 206 valence electrons. The molecule has 0 spiro atoms. The van der Waals surface area contributed by atoms with E-state index in [0.717, 1.165) is 24.2 Å². The average Bonchev–Trinajstić information content (AvgIpc) is 3.07. The second-order valence-electron chi connectivity index (χ2n) is 12.0. The molecule has 2 rings (SSSR count). The third-order valence-electron chi connectivity index (χ3n) is 8.17. The van der Waals surface area contributed by atoms with Gasteiger partial charge in [-0.25, -0.2) is 0 Å². The lowest BCUT2D eigenvalue weighted by Crippen LogP contribution is -2.41. The minimum absolute atomic E-state index is 0.306. The van der Waals surface area contributed by atoms with Crippen molar-refractivity contribution in [1.29, 1.82) is 0 Å². The van der Waals surface area contributed by atoms with E-state index >= 15 is 0 Å². The molecule has 0 atom stereocenters. The van der Waals surface area contributed by atoms with Crippen LogP contribution in [0, 0.1) is 0 Å². The molecule has 36 heavy (non-hydrogen) atoms. The van der Waals surface area contributed by atoms with Crippen molar-refractivity contribution in [2.24, 2.45) is 0 Å². The molecule has 1 aromatic rings. The average molecular weight is 501 g/mol. The quantitative estimate of drug-likeness (QED) is 0.124. The van der Waals surface area contributed by atoms with Gasteiger partial charge in [0, 0.05) is 0 Å². The third kappa shape index (κ3) is 12.0. The molecule has 1 aliphatic rings. The van der Waals surface area contributed by atoms with Crippen molar-refractivity contribution in [1.82, 2.24) is 0 Å². The van der Waals surface area contributed by atoms with Gasteiger partial charge in [-0.2, -0.15) is 0 Å². The van der Waals surface area contributed by atoms with Gasteiger partial charge in [0.25, 0.3) is 0 Å². The maximum Gasteiger partial charge on any atom is 0.494 e. The van der Waals surface area contributed by atoms with Crippen LogP contribution in [0.5, 0.6) is 5.75 Å². The summed E-state index contributed by atoms with van der Waals surface area (Å²) in [5, 5.41) is 0. The Morgan fingerprint density at radius 3 is 1.31 bits per heavy atom. The number of unbranched alkanes of at least 4 members (excludes halogenated alkanes) is 17. The molecule has 0 unspecified atom stereocenters. The first-order valence-electron chi connectivity index (χ1n) is 15.4. The Hall–Kier alpha value is -0.995. The van der Waals surface area contributed by atoms with E-state index in [4.69, 9.17) is 14.0 Å². The van der Waals surface area contributed by atoms with Gasteiger partial charge in [0.2, 0.25) is 0 Å². The fourth-order valence-corrected chi connectivity index (χ4v) is 4.89. The predicted octanol–water partition coefficient (Wildman–Crippen LogP) is 9.41. The summed E-state index contributed by atoms with van der Waals surface area (Å²) in [6, 6.07) is 8.20. The number of ether oxygens (including phenoxy) is 1. The molecule has 1 aliphatic heterocycles. The SMILES string of the molecule is CCCCCCCCCCCCCCCCCCCCOc1ccc(B2OC(C)(C)C(C)(C)O2)cc1. The maximum atomic E-state index is 6.13. The molecule has 1 heterocycles. The summed E-state index contributed by atoms with van der Waals surface area (Å²) in [5.74, 6) is 0.933. The van der Waals surface area contributed by atoms with E-state index in [1.807, 2.05) is 12.1 Å². The Kier molecular flexibility index (Phi) is 15.2. The molecule has 0 N–H and O–H groups in total. The predicted molar refractivity (Wildman–Crippen MR) is 156 cm³/mol. The molecule has 0 amide bonds. The molecule has 0 bridgehead atoms. The molecule has 0 aliphatic carbocycles. The Labute approximate surface area is 224 Å². The number of hydrogen-bond donors (Lipinski definition) is 0. The monoisotopic (exact) mass is 500 g/mol. The van der Waals surface area contributed by atoms with E-state index < -0.39 is 0 Å². The van der Waals surface area contributed by atoms with Crippen molar-refractivity contribution in [2.75, 3.05) is 6.61 Å². The Balaban J connectivity index is 1.36. The Morgan fingerprint density at radius 2 is 0.917 bits per heavy atom. The minimum atomic E-state index is -0.307. The topological polar surface area (TPSA) is 27.7 Å². The van der Waals surface area contributed by atoms with Gasteiger partial charge in [0.05, 0.1) is 17.8 Å². The van der Waals surface area contributed by atoms with E-state index in [1.165, 1.54) is 109 Å². The number of rotatable bonds is 21. The molecule has 1 aromatic carbocycles. The van der Waals surface area contributed by atoms with Crippen molar-refractivity contribution >= 4 is 12.6 Å². The number of benzene rings is 1. The Morgan fingerprint density at radius 1 is 0.556 bits per heavy atom. The summed E-state index contributed by atoms with van der Waals surface area (Å²) in [7, 11) is -0.307. The van der Waals surface area contributed by atoms with Gasteiger partial charge < -0.3 is 14.0 Å². The molecule has 0 saturated carbocycles. The molecule has 4 heteroatoms. The molecule has 1 fully saturated rings. The lowest BCUT2D eigenvalue weighted by Gasteiger charge is -2.32. The van der Waals surface area contributed by atoms with Gasteiger partial charge in [-0.3, -0.25) is 0 Å². The molecule has 0 aromatic heterocycles. The van der Waals surface area contributed by atoms with Crippen LogP contribution in [0.25, 0.3) is 0 Å². The standard InChI is InChI=1S/C32H57BO3/c1-6-7-8-9-10-11-12-13-14-15-16-17-18-19-20-21-22-23-28-34-30-26-24-29(25-27-30)33-35-31(2,3)32(4,5)36-33/h24-27H,6-23,28H2,1-5H3. The zero-order valence-corrected chi connectivity index (χ0v) is 24.5. The fourth-order valence-electron chi connectivity index (χ4n) is 4.89. The van der Waals surface area contributed by atoms with Crippen LogP contribution in [0.4, 0.5) is 0 Å². The van der Waals surface area contributed by atoms with Crippen LogP contribution in [-0.2, 0) is 9.31 Å². The van der Waals surface area contributed by atoms with Crippen molar-refractivity contribution in [2.45, 2.75) is 161 Å². The van der Waals surface area contributed by atoms with E-state index in [0.29, 0.717) is 0 Å². The van der Waals surface area contributed by atoms with Crippen LogP contribution in [0.3, 0.4) is 0 Å². The van der Waals surface area contributed by atoms with Crippen LogP contribution in [0.1, 0.15) is 150 Å². The molecule has 0 radical (unpaired) electrons. The molecular weight excluding hydrogens is 443 g/mol. The van der Waals surface area contributed by atoms with E-state index in [9.17, 15) is 0 Å². The smallest absolute Gasteiger partial charge is 0.494 e. The highest BCUT2D eigenvalue weighted by Crippen LogP contribution is 2.36. The summed E-state index contributed by atoms with van der Waals surface area (Å²) >= 11 is 0. The van der Waals surface area contributed by atoms with E-state index in [-0.39, 0.29) is 18.3 Å². The normalized spacial score (nSPS) is 16.5. The van der Waals surface area contributed by atoms with Crippen molar-refractivity contribution in [3.05, 3.63) is 24.3 Å². The zero-order chi connectivity index (χ0) is 26.1. The van der Waals surface area contributed by atoms with Crippen molar-refractivity contribution in [3.63, 3.8) is 0 Å². The second kappa shape index (κ2) is 17.5. The molecule has 3 nitrogen and oxygen atoms in total. The number of hydrogen-bond acceptors (Lipinski definition) is 3. The Bertz CT molecular complexity index is 654.